The number of fused-ring (bicyclic) bond motifs is 1. The normalized spacial score (nSPS) is 19.0. The van der Waals surface area contributed by atoms with E-state index in [1.165, 1.54) is 18.4 Å². The van der Waals surface area contributed by atoms with E-state index >= 15 is 0 Å². The fourth-order valence-electron chi connectivity index (χ4n) is 2.71. The average molecular weight is 392 g/mol. The molecule has 1 aliphatic heterocycles. The number of halogens is 1. The average Bonchev–Trinajstić information content (AvgIpc) is 2.56. The molecular formula is C17H14BrNO5. The largest absolute Gasteiger partial charge is 0.508 e. The Morgan fingerprint density at radius 1 is 1.21 bits per heavy atom. The van der Waals surface area contributed by atoms with Gasteiger partial charge in [0.15, 0.2) is 0 Å². The van der Waals surface area contributed by atoms with Crippen molar-refractivity contribution in [3.63, 3.8) is 0 Å². The zero-order chi connectivity index (χ0) is 17.3. The van der Waals surface area contributed by atoms with Crippen LogP contribution in [0.25, 0.3) is 5.57 Å². The third-order valence-corrected chi connectivity index (χ3v) is 4.35. The zero-order valence-corrected chi connectivity index (χ0v) is 13.9. The van der Waals surface area contributed by atoms with Gasteiger partial charge in [0.05, 0.1) is 12.7 Å². The molecule has 0 fully saturated rings. The molecular weight excluding hydrogens is 378 g/mol. The highest BCUT2D eigenvalue weighted by atomic mass is 79.9. The van der Waals surface area contributed by atoms with Gasteiger partial charge in [-0.15, -0.1) is 0 Å². The Labute approximate surface area is 146 Å². The molecule has 0 aromatic heterocycles. The van der Waals surface area contributed by atoms with E-state index in [4.69, 9.17) is 9.94 Å². The van der Waals surface area contributed by atoms with Crippen LogP contribution in [0.5, 0.6) is 11.5 Å². The van der Waals surface area contributed by atoms with Crippen LogP contribution in [0.1, 0.15) is 17.5 Å². The van der Waals surface area contributed by atoms with Crippen molar-refractivity contribution in [1.29, 1.82) is 0 Å². The highest BCUT2D eigenvalue weighted by Gasteiger charge is 2.42. The molecule has 0 bridgehead atoms. The van der Waals surface area contributed by atoms with Crippen molar-refractivity contribution in [2.24, 2.45) is 0 Å². The second kappa shape index (κ2) is 6.27. The summed E-state index contributed by atoms with van der Waals surface area (Å²) in [5.41, 5.74) is 1.18. The summed E-state index contributed by atoms with van der Waals surface area (Å²) in [4.78, 5) is 11.8. The second-order valence-corrected chi connectivity index (χ2v) is 6.32. The van der Waals surface area contributed by atoms with Gasteiger partial charge in [-0.05, 0) is 29.8 Å². The number of phenolic OH excluding ortho intramolecular Hbond substituents is 1. The molecule has 0 aliphatic carbocycles. The van der Waals surface area contributed by atoms with Crippen LogP contribution in [0.2, 0.25) is 0 Å². The molecule has 1 aliphatic rings. The molecule has 3 rings (SSSR count). The third-order valence-electron chi connectivity index (χ3n) is 3.86. The lowest BCUT2D eigenvalue weighted by Gasteiger charge is -2.35. The summed E-state index contributed by atoms with van der Waals surface area (Å²) in [5.74, 6) is -0.255. The van der Waals surface area contributed by atoms with E-state index in [0.717, 1.165) is 4.47 Å². The lowest BCUT2D eigenvalue weighted by Crippen LogP contribution is -2.37. The first-order valence-corrected chi connectivity index (χ1v) is 7.85. The molecule has 6 nitrogen and oxygen atoms in total. The molecule has 0 saturated carbocycles. The van der Waals surface area contributed by atoms with Gasteiger partial charge in [-0.25, -0.2) is 5.48 Å². The fraction of sp³-hybridized carbons (Fsp3) is 0.118. The van der Waals surface area contributed by atoms with Crippen LogP contribution in [0.3, 0.4) is 0 Å². The summed E-state index contributed by atoms with van der Waals surface area (Å²) in [5, 5.41) is 29.6. The van der Waals surface area contributed by atoms with E-state index in [9.17, 15) is 15.0 Å². The number of benzene rings is 2. The Bertz CT molecular complexity index is 818. The number of rotatable bonds is 3. The van der Waals surface area contributed by atoms with Crippen LogP contribution in [0.15, 0.2) is 53.2 Å². The molecule has 2 aromatic rings. The Kier molecular flexibility index (Phi) is 4.31. The smallest absolute Gasteiger partial charge is 0.246 e. The Hall–Kier alpha value is -2.35. The van der Waals surface area contributed by atoms with E-state index in [1.807, 2.05) is 0 Å². The molecule has 1 atom stereocenters. The predicted octanol–water partition coefficient (Wildman–Crippen LogP) is 2.67. The number of carbonyl (C=O) groups excluding carboxylic acids is 1. The summed E-state index contributed by atoms with van der Waals surface area (Å²) < 4.78 is 6.36. The molecule has 0 saturated heterocycles. The van der Waals surface area contributed by atoms with Crippen molar-refractivity contribution >= 4 is 27.4 Å². The predicted molar refractivity (Wildman–Crippen MR) is 89.3 cm³/mol. The Morgan fingerprint density at radius 2 is 1.92 bits per heavy atom. The van der Waals surface area contributed by atoms with Gasteiger partial charge < -0.3 is 14.9 Å². The molecule has 24 heavy (non-hydrogen) atoms. The lowest BCUT2D eigenvalue weighted by molar-refractivity contribution is -0.132. The van der Waals surface area contributed by atoms with Crippen molar-refractivity contribution in [2.75, 3.05) is 0 Å². The SMILES string of the molecule is O=C(CC1(O)C(c2ccc(O)cc2)=COc2cc(Br)ccc21)NO. The summed E-state index contributed by atoms with van der Waals surface area (Å²) >= 11 is 3.33. The highest BCUT2D eigenvalue weighted by Crippen LogP contribution is 2.47. The Morgan fingerprint density at radius 3 is 2.58 bits per heavy atom. The van der Waals surface area contributed by atoms with Crippen LogP contribution in [-0.4, -0.2) is 21.3 Å². The molecule has 1 heterocycles. The topological polar surface area (TPSA) is 99.0 Å². The lowest BCUT2D eigenvalue weighted by atomic mass is 9.79. The fourth-order valence-corrected chi connectivity index (χ4v) is 3.05. The minimum absolute atomic E-state index is 0.0806. The van der Waals surface area contributed by atoms with Gasteiger partial charge in [0.25, 0.3) is 0 Å². The summed E-state index contributed by atoms with van der Waals surface area (Å²) in [6.45, 7) is 0. The first kappa shape index (κ1) is 16.5. The molecule has 1 amide bonds. The number of hydroxylamine groups is 1. The molecule has 0 spiro atoms. The molecule has 1 unspecified atom stereocenters. The number of phenols is 1. The number of hydrogen-bond acceptors (Lipinski definition) is 5. The maximum Gasteiger partial charge on any atom is 0.246 e. The third kappa shape index (κ3) is 2.89. The first-order chi connectivity index (χ1) is 11.4. The molecule has 7 heteroatoms. The molecule has 0 radical (unpaired) electrons. The van der Waals surface area contributed by atoms with Gasteiger partial charge in [-0.1, -0.05) is 34.1 Å². The van der Waals surface area contributed by atoms with Gasteiger partial charge >= 0.3 is 0 Å². The van der Waals surface area contributed by atoms with Crippen LogP contribution < -0.4 is 10.2 Å². The van der Waals surface area contributed by atoms with Gasteiger partial charge in [0.2, 0.25) is 5.91 Å². The zero-order valence-electron chi connectivity index (χ0n) is 12.4. The maximum absolute atomic E-state index is 11.8. The monoisotopic (exact) mass is 391 g/mol. The molecule has 4 N–H and O–H groups in total. The van der Waals surface area contributed by atoms with Crippen molar-refractivity contribution in [1.82, 2.24) is 5.48 Å². The van der Waals surface area contributed by atoms with Crippen molar-refractivity contribution < 1.29 is 25.0 Å². The second-order valence-electron chi connectivity index (χ2n) is 5.41. The quantitative estimate of drug-likeness (QED) is 0.476. The number of hydrogen-bond donors (Lipinski definition) is 4. The number of carbonyl (C=O) groups is 1. The van der Waals surface area contributed by atoms with Gasteiger partial charge in [-0.2, -0.15) is 0 Å². The minimum atomic E-state index is -1.70. The van der Waals surface area contributed by atoms with Crippen LogP contribution in [-0.2, 0) is 10.4 Å². The van der Waals surface area contributed by atoms with E-state index < -0.39 is 17.9 Å². The molecule has 2 aromatic carbocycles. The van der Waals surface area contributed by atoms with Crippen LogP contribution >= 0.6 is 15.9 Å². The minimum Gasteiger partial charge on any atom is -0.508 e. The summed E-state index contributed by atoms with van der Waals surface area (Å²) in [6.07, 6.45) is 0.972. The number of aliphatic hydroxyl groups is 1. The van der Waals surface area contributed by atoms with Crippen molar-refractivity contribution in [2.45, 2.75) is 12.0 Å². The standard InChI is InChI=1S/C17H14BrNO5/c18-11-3-6-13-15(7-11)24-9-14(10-1-4-12(20)5-2-10)17(13,22)8-16(21)19-23/h1-7,9,20,22-23H,8H2,(H,19,21). The number of nitrogens with one attached hydrogen (secondary N) is 1. The van der Waals surface area contributed by atoms with E-state index in [2.05, 4.69) is 15.9 Å². The maximum atomic E-state index is 11.8. The van der Waals surface area contributed by atoms with Gasteiger partial charge in [0.1, 0.15) is 17.1 Å². The van der Waals surface area contributed by atoms with Gasteiger partial charge in [-0.3, -0.25) is 10.0 Å². The first-order valence-electron chi connectivity index (χ1n) is 7.06. The van der Waals surface area contributed by atoms with Gasteiger partial charge in [0, 0.05) is 15.6 Å². The van der Waals surface area contributed by atoms with E-state index in [-0.39, 0.29) is 5.75 Å². The van der Waals surface area contributed by atoms with Crippen LogP contribution in [0, 0.1) is 0 Å². The van der Waals surface area contributed by atoms with Crippen LogP contribution in [0.4, 0.5) is 0 Å². The number of aromatic hydroxyl groups is 1. The van der Waals surface area contributed by atoms with E-state index in [0.29, 0.717) is 22.4 Å². The number of ether oxygens (including phenoxy) is 1. The van der Waals surface area contributed by atoms with Crippen molar-refractivity contribution in [3.05, 3.63) is 64.3 Å². The highest BCUT2D eigenvalue weighted by molar-refractivity contribution is 9.10. The number of amides is 1. The summed E-state index contributed by atoms with van der Waals surface area (Å²) in [7, 11) is 0. The Balaban J connectivity index is 2.14. The van der Waals surface area contributed by atoms with E-state index in [1.54, 1.807) is 35.8 Å². The summed E-state index contributed by atoms with van der Waals surface area (Å²) in [6, 6.07) is 11.2. The molecule has 124 valence electrons. The van der Waals surface area contributed by atoms with Crippen molar-refractivity contribution in [3.8, 4) is 11.5 Å².